The van der Waals surface area contributed by atoms with Crippen molar-refractivity contribution in [2.75, 3.05) is 13.2 Å². The molecule has 0 saturated carbocycles. The molecular formula is C15H24N2O2. The van der Waals surface area contributed by atoms with Crippen molar-refractivity contribution >= 4 is 0 Å². The van der Waals surface area contributed by atoms with E-state index < -0.39 is 0 Å². The average Bonchev–Trinajstić information content (AvgIpc) is 2.90. The second kappa shape index (κ2) is 6.89. The summed E-state index contributed by atoms with van der Waals surface area (Å²) in [4.78, 5) is 0. The van der Waals surface area contributed by atoms with Crippen molar-refractivity contribution in [3.05, 3.63) is 29.8 Å². The first-order chi connectivity index (χ1) is 9.30. The molecular weight excluding hydrogens is 240 g/mol. The standard InChI is InChI=1S/C15H24N2O2/c1-3-14-13(9-10-19-14)15(17-16)11-5-7-12(8-6-11)18-4-2/h5-8,13-15,17H,3-4,9-10,16H2,1-2H3. The van der Waals surface area contributed by atoms with E-state index in [0.717, 1.165) is 25.2 Å². The Balaban J connectivity index is 2.12. The monoisotopic (exact) mass is 264 g/mol. The molecule has 2 rings (SSSR count). The highest BCUT2D eigenvalue weighted by molar-refractivity contribution is 5.29. The third-order valence-corrected chi connectivity index (χ3v) is 3.82. The number of hydrogen-bond acceptors (Lipinski definition) is 4. The van der Waals surface area contributed by atoms with Gasteiger partial charge in [-0.25, -0.2) is 0 Å². The molecule has 1 aliphatic rings. The third kappa shape index (κ3) is 3.26. The van der Waals surface area contributed by atoms with Crippen molar-refractivity contribution < 1.29 is 9.47 Å². The topological polar surface area (TPSA) is 56.5 Å². The summed E-state index contributed by atoms with van der Waals surface area (Å²) in [5, 5.41) is 0. The molecule has 19 heavy (non-hydrogen) atoms. The van der Waals surface area contributed by atoms with Crippen molar-refractivity contribution in [1.29, 1.82) is 0 Å². The lowest BCUT2D eigenvalue weighted by molar-refractivity contribution is 0.0774. The van der Waals surface area contributed by atoms with E-state index in [1.165, 1.54) is 5.56 Å². The predicted octanol–water partition coefficient (Wildman–Crippen LogP) is 2.40. The number of hydrogen-bond donors (Lipinski definition) is 2. The quantitative estimate of drug-likeness (QED) is 0.612. The molecule has 0 bridgehead atoms. The second-order valence-corrected chi connectivity index (χ2v) is 4.92. The minimum atomic E-state index is 0.142. The smallest absolute Gasteiger partial charge is 0.119 e. The highest BCUT2D eigenvalue weighted by Crippen LogP contribution is 2.34. The van der Waals surface area contributed by atoms with E-state index in [4.69, 9.17) is 15.3 Å². The first-order valence-corrected chi connectivity index (χ1v) is 7.10. The Bertz CT molecular complexity index is 380. The molecule has 0 amide bonds. The maximum atomic E-state index is 5.76. The van der Waals surface area contributed by atoms with Crippen LogP contribution in [0.15, 0.2) is 24.3 Å². The van der Waals surface area contributed by atoms with Crippen LogP contribution < -0.4 is 16.0 Å². The number of benzene rings is 1. The molecule has 4 heteroatoms. The van der Waals surface area contributed by atoms with Crippen molar-refractivity contribution in [2.45, 2.75) is 38.8 Å². The lowest BCUT2D eigenvalue weighted by atomic mass is 9.87. The summed E-state index contributed by atoms with van der Waals surface area (Å²) in [6.45, 7) is 5.67. The third-order valence-electron chi connectivity index (χ3n) is 3.82. The van der Waals surface area contributed by atoms with E-state index in [9.17, 15) is 0 Å². The summed E-state index contributed by atoms with van der Waals surface area (Å²) < 4.78 is 11.2. The highest BCUT2D eigenvalue weighted by atomic mass is 16.5. The summed E-state index contributed by atoms with van der Waals surface area (Å²) >= 11 is 0. The SMILES string of the molecule is CCOc1ccc(C(NN)C2CCOC2CC)cc1. The largest absolute Gasteiger partial charge is 0.494 e. The Labute approximate surface area is 115 Å². The molecule has 1 fully saturated rings. The summed E-state index contributed by atoms with van der Waals surface area (Å²) in [5.41, 5.74) is 4.15. The molecule has 3 atom stereocenters. The fraction of sp³-hybridized carbons (Fsp3) is 0.600. The van der Waals surface area contributed by atoms with Crippen molar-refractivity contribution in [3.63, 3.8) is 0 Å². The van der Waals surface area contributed by atoms with E-state index in [1.807, 2.05) is 19.1 Å². The minimum absolute atomic E-state index is 0.142. The molecule has 1 heterocycles. The molecule has 1 aliphatic heterocycles. The van der Waals surface area contributed by atoms with Crippen molar-refractivity contribution in [1.82, 2.24) is 5.43 Å². The Morgan fingerprint density at radius 3 is 2.68 bits per heavy atom. The van der Waals surface area contributed by atoms with Gasteiger partial charge in [-0.1, -0.05) is 19.1 Å². The van der Waals surface area contributed by atoms with E-state index in [0.29, 0.717) is 18.6 Å². The summed E-state index contributed by atoms with van der Waals surface area (Å²) in [7, 11) is 0. The van der Waals surface area contributed by atoms with Gasteiger partial charge in [0.2, 0.25) is 0 Å². The maximum Gasteiger partial charge on any atom is 0.119 e. The summed E-state index contributed by atoms with van der Waals surface area (Å²) in [6, 6.07) is 8.31. The zero-order chi connectivity index (χ0) is 13.7. The van der Waals surface area contributed by atoms with Crippen LogP contribution in [0.1, 0.15) is 38.3 Å². The molecule has 0 aromatic heterocycles. The molecule has 4 nitrogen and oxygen atoms in total. The molecule has 0 spiro atoms. The van der Waals surface area contributed by atoms with Crippen molar-refractivity contribution in [2.24, 2.45) is 11.8 Å². The molecule has 3 unspecified atom stereocenters. The lowest BCUT2D eigenvalue weighted by Crippen LogP contribution is -2.36. The molecule has 1 saturated heterocycles. The number of rotatable bonds is 6. The van der Waals surface area contributed by atoms with Crippen LogP contribution in [-0.4, -0.2) is 19.3 Å². The van der Waals surface area contributed by atoms with E-state index >= 15 is 0 Å². The van der Waals surface area contributed by atoms with Crippen LogP contribution in [0.3, 0.4) is 0 Å². The van der Waals surface area contributed by atoms with Crippen molar-refractivity contribution in [3.8, 4) is 5.75 Å². The van der Waals surface area contributed by atoms with Crippen LogP contribution >= 0.6 is 0 Å². The van der Waals surface area contributed by atoms with Gasteiger partial charge in [0.15, 0.2) is 0 Å². The predicted molar refractivity (Wildman–Crippen MR) is 75.8 cm³/mol. The van der Waals surface area contributed by atoms with Gasteiger partial charge in [0.25, 0.3) is 0 Å². The zero-order valence-corrected chi connectivity index (χ0v) is 11.8. The van der Waals surface area contributed by atoms with E-state index in [1.54, 1.807) is 0 Å². The Morgan fingerprint density at radius 2 is 2.11 bits per heavy atom. The second-order valence-electron chi connectivity index (χ2n) is 4.92. The van der Waals surface area contributed by atoms with E-state index in [2.05, 4.69) is 24.5 Å². The molecule has 1 aromatic rings. The van der Waals surface area contributed by atoms with Gasteiger partial charge in [0, 0.05) is 12.5 Å². The number of nitrogens with one attached hydrogen (secondary N) is 1. The van der Waals surface area contributed by atoms with Gasteiger partial charge < -0.3 is 9.47 Å². The van der Waals surface area contributed by atoms with Crippen LogP contribution in [-0.2, 0) is 4.74 Å². The maximum absolute atomic E-state index is 5.76. The van der Waals surface area contributed by atoms with Gasteiger partial charge >= 0.3 is 0 Å². The molecule has 106 valence electrons. The van der Waals surface area contributed by atoms with Gasteiger partial charge in [0.1, 0.15) is 5.75 Å². The number of ether oxygens (including phenoxy) is 2. The van der Waals surface area contributed by atoms with Crippen LogP contribution in [0.5, 0.6) is 5.75 Å². The fourth-order valence-corrected chi connectivity index (χ4v) is 2.87. The summed E-state index contributed by atoms with van der Waals surface area (Å²) in [5.74, 6) is 7.10. The Morgan fingerprint density at radius 1 is 1.37 bits per heavy atom. The minimum Gasteiger partial charge on any atom is -0.494 e. The highest BCUT2D eigenvalue weighted by Gasteiger charge is 2.33. The fourth-order valence-electron chi connectivity index (χ4n) is 2.87. The van der Waals surface area contributed by atoms with Gasteiger partial charge in [-0.05, 0) is 37.5 Å². The molecule has 1 aromatic carbocycles. The van der Waals surface area contributed by atoms with Gasteiger partial charge in [0.05, 0.1) is 18.8 Å². The number of hydrazine groups is 1. The van der Waals surface area contributed by atoms with Gasteiger partial charge in [-0.2, -0.15) is 0 Å². The van der Waals surface area contributed by atoms with Crippen LogP contribution in [0.4, 0.5) is 0 Å². The zero-order valence-electron chi connectivity index (χ0n) is 11.8. The van der Waals surface area contributed by atoms with Crippen LogP contribution in [0.2, 0.25) is 0 Å². The lowest BCUT2D eigenvalue weighted by Gasteiger charge is -2.27. The molecule has 0 radical (unpaired) electrons. The normalized spacial score (nSPS) is 24.4. The molecule has 3 N–H and O–H groups in total. The average molecular weight is 264 g/mol. The Hall–Kier alpha value is -1.10. The summed E-state index contributed by atoms with van der Waals surface area (Å²) in [6.07, 6.45) is 2.38. The number of nitrogens with two attached hydrogens (primary N) is 1. The van der Waals surface area contributed by atoms with E-state index in [-0.39, 0.29) is 6.04 Å². The van der Waals surface area contributed by atoms with Crippen LogP contribution in [0.25, 0.3) is 0 Å². The molecule has 0 aliphatic carbocycles. The van der Waals surface area contributed by atoms with Gasteiger partial charge in [-0.3, -0.25) is 11.3 Å². The first kappa shape index (κ1) is 14.3. The van der Waals surface area contributed by atoms with Crippen LogP contribution in [0, 0.1) is 5.92 Å². The first-order valence-electron chi connectivity index (χ1n) is 7.10. The Kier molecular flexibility index (Phi) is 5.19. The van der Waals surface area contributed by atoms with Gasteiger partial charge in [-0.15, -0.1) is 0 Å².